The Morgan fingerprint density at radius 1 is 1.42 bits per heavy atom. The second-order valence-electron chi connectivity index (χ2n) is 4.80. The van der Waals surface area contributed by atoms with Gasteiger partial charge in [-0.1, -0.05) is 0 Å². The van der Waals surface area contributed by atoms with E-state index >= 15 is 0 Å². The van der Waals surface area contributed by atoms with E-state index in [-0.39, 0.29) is 5.78 Å². The zero-order valence-electron chi connectivity index (χ0n) is 11.4. The van der Waals surface area contributed by atoms with Crippen LogP contribution in [0.4, 0.5) is 0 Å². The van der Waals surface area contributed by atoms with Crippen molar-refractivity contribution in [2.45, 2.75) is 19.4 Å². The predicted molar refractivity (Wildman–Crippen MR) is 71.7 cm³/mol. The molecule has 0 amide bonds. The molecule has 2 unspecified atom stereocenters. The van der Waals surface area contributed by atoms with E-state index in [0.29, 0.717) is 18.1 Å². The average Bonchev–Trinajstić information content (AvgIpc) is 2.97. The van der Waals surface area contributed by atoms with E-state index in [9.17, 15) is 4.79 Å². The first-order valence-electron chi connectivity index (χ1n) is 6.58. The van der Waals surface area contributed by atoms with Crippen LogP contribution in [0.1, 0.15) is 23.7 Å². The third-order valence-electron chi connectivity index (χ3n) is 3.35. The molecule has 2 atom stereocenters. The summed E-state index contributed by atoms with van der Waals surface area (Å²) in [5, 5.41) is 0. The zero-order valence-corrected chi connectivity index (χ0v) is 11.4. The number of ether oxygens (including phenoxy) is 3. The van der Waals surface area contributed by atoms with Crippen LogP contribution in [0.5, 0.6) is 5.75 Å². The maximum absolute atomic E-state index is 12.2. The van der Waals surface area contributed by atoms with Crippen LogP contribution in [0, 0.1) is 5.92 Å². The lowest BCUT2D eigenvalue weighted by Crippen LogP contribution is -2.24. The first-order chi connectivity index (χ1) is 9.20. The van der Waals surface area contributed by atoms with Crippen molar-refractivity contribution in [2.75, 3.05) is 26.9 Å². The molecule has 19 heavy (non-hydrogen) atoms. The largest absolute Gasteiger partial charge is 0.497 e. The summed E-state index contributed by atoms with van der Waals surface area (Å²) in [7, 11) is 1.60. The van der Waals surface area contributed by atoms with Crippen LogP contribution in [0.2, 0.25) is 0 Å². The fourth-order valence-electron chi connectivity index (χ4n) is 2.06. The van der Waals surface area contributed by atoms with Crippen LogP contribution in [0.25, 0.3) is 0 Å². The lowest BCUT2D eigenvalue weighted by atomic mass is 10.1. The maximum Gasteiger partial charge on any atom is 0.191 e. The molecule has 0 aromatic heterocycles. The van der Waals surface area contributed by atoms with Crippen molar-refractivity contribution in [3.05, 3.63) is 29.8 Å². The smallest absolute Gasteiger partial charge is 0.191 e. The van der Waals surface area contributed by atoms with Gasteiger partial charge in [-0.25, -0.2) is 0 Å². The summed E-state index contributed by atoms with van der Waals surface area (Å²) in [5.74, 6) is 1.17. The van der Waals surface area contributed by atoms with Gasteiger partial charge < -0.3 is 14.2 Å². The Morgan fingerprint density at radius 2 is 2.16 bits per heavy atom. The predicted octanol–water partition coefficient (Wildman–Crippen LogP) is 2.32. The Balaban J connectivity index is 1.86. The van der Waals surface area contributed by atoms with E-state index in [1.807, 2.05) is 0 Å². The summed E-state index contributed by atoms with van der Waals surface area (Å²) in [4.78, 5) is 12.2. The SMILES string of the molecule is COc1ccc(C(=O)C(C)OCC2CCOC2)cc1. The monoisotopic (exact) mass is 264 g/mol. The van der Waals surface area contributed by atoms with Crippen LogP contribution >= 0.6 is 0 Å². The van der Waals surface area contributed by atoms with E-state index in [4.69, 9.17) is 14.2 Å². The van der Waals surface area contributed by atoms with Crippen molar-refractivity contribution in [3.8, 4) is 5.75 Å². The molecule has 0 N–H and O–H groups in total. The average molecular weight is 264 g/mol. The van der Waals surface area contributed by atoms with Crippen LogP contribution in [0.15, 0.2) is 24.3 Å². The van der Waals surface area contributed by atoms with Gasteiger partial charge in [-0.2, -0.15) is 0 Å². The first-order valence-corrected chi connectivity index (χ1v) is 6.58. The van der Waals surface area contributed by atoms with Crippen molar-refractivity contribution in [2.24, 2.45) is 5.92 Å². The molecule has 4 nitrogen and oxygen atoms in total. The molecule has 0 bridgehead atoms. The van der Waals surface area contributed by atoms with Gasteiger partial charge in [0.1, 0.15) is 11.9 Å². The molecule has 0 radical (unpaired) electrons. The fourth-order valence-corrected chi connectivity index (χ4v) is 2.06. The number of carbonyl (C=O) groups excluding carboxylic acids is 1. The molecule has 0 saturated carbocycles. The number of hydrogen-bond acceptors (Lipinski definition) is 4. The zero-order chi connectivity index (χ0) is 13.7. The normalized spacial score (nSPS) is 20.2. The standard InChI is InChI=1S/C15H20O4/c1-11(19-10-12-7-8-18-9-12)15(16)13-3-5-14(17-2)6-4-13/h3-6,11-12H,7-10H2,1-2H3. The molecule has 0 aliphatic carbocycles. The Bertz CT molecular complexity index is 407. The van der Waals surface area contributed by atoms with Crippen LogP contribution in [0.3, 0.4) is 0 Å². The molecular weight excluding hydrogens is 244 g/mol. The molecule has 0 spiro atoms. The lowest BCUT2D eigenvalue weighted by Gasteiger charge is -2.15. The number of Topliss-reactive ketones (excluding diaryl/α,β-unsaturated/α-hetero) is 1. The minimum absolute atomic E-state index is 0.00145. The van der Waals surface area contributed by atoms with Gasteiger partial charge in [-0.3, -0.25) is 4.79 Å². The highest BCUT2D eigenvalue weighted by atomic mass is 16.5. The molecule has 4 heteroatoms. The Morgan fingerprint density at radius 3 is 2.74 bits per heavy atom. The second-order valence-corrected chi connectivity index (χ2v) is 4.80. The molecule has 1 fully saturated rings. The highest BCUT2D eigenvalue weighted by Crippen LogP contribution is 2.16. The number of ketones is 1. The summed E-state index contributed by atoms with van der Waals surface area (Å²) in [6.07, 6.45) is 0.595. The van der Waals surface area contributed by atoms with Crippen molar-refractivity contribution < 1.29 is 19.0 Å². The molecule has 1 aromatic carbocycles. The highest BCUT2D eigenvalue weighted by molar-refractivity contribution is 5.99. The molecule has 1 aromatic rings. The van der Waals surface area contributed by atoms with Gasteiger partial charge in [0.25, 0.3) is 0 Å². The van der Waals surface area contributed by atoms with Gasteiger partial charge in [-0.05, 0) is 37.6 Å². The van der Waals surface area contributed by atoms with Gasteiger partial charge in [0.2, 0.25) is 0 Å². The molecular formula is C15H20O4. The molecule has 2 rings (SSSR count). The summed E-state index contributed by atoms with van der Waals surface area (Å²) in [5.41, 5.74) is 0.649. The maximum atomic E-state index is 12.2. The lowest BCUT2D eigenvalue weighted by molar-refractivity contribution is 0.0322. The van der Waals surface area contributed by atoms with Gasteiger partial charge in [0, 0.05) is 18.1 Å². The highest BCUT2D eigenvalue weighted by Gasteiger charge is 2.20. The van der Waals surface area contributed by atoms with Crippen molar-refractivity contribution in [1.82, 2.24) is 0 Å². The Labute approximate surface area is 113 Å². The molecule has 104 valence electrons. The molecule has 1 heterocycles. The van der Waals surface area contributed by atoms with E-state index in [0.717, 1.165) is 25.4 Å². The van der Waals surface area contributed by atoms with Gasteiger partial charge in [0.15, 0.2) is 5.78 Å². The third-order valence-corrected chi connectivity index (χ3v) is 3.35. The van der Waals surface area contributed by atoms with E-state index in [1.165, 1.54) is 0 Å². The Hall–Kier alpha value is -1.39. The number of carbonyl (C=O) groups is 1. The van der Waals surface area contributed by atoms with E-state index in [1.54, 1.807) is 38.3 Å². The summed E-state index contributed by atoms with van der Waals surface area (Å²) < 4.78 is 16.0. The van der Waals surface area contributed by atoms with Crippen LogP contribution < -0.4 is 4.74 Å². The number of methoxy groups -OCH3 is 1. The molecule has 1 aliphatic rings. The number of benzene rings is 1. The third kappa shape index (κ3) is 3.78. The van der Waals surface area contributed by atoms with Crippen molar-refractivity contribution >= 4 is 5.78 Å². The molecule has 1 saturated heterocycles. The van der Waals surface area contributed by atoms with Gasteiger partial charge in [0.05, 0.1) is 20.3 Å². The number of rotatable bonds is 6. The van der Waals surface area contributed by atoms with Gasteiger partial charge in [-0.15, -0.1) is 0 Å². The topological polar surface area (TPSA) is 44.8 Å². The Kier molecular flexibility index (Phi) is 4.93. The minimum atomic E-state index is -0.422. The fraction of sp³-hybridized carbons (Fsp3) is 0.533. The summed E-state index contributed by atoms with van der Waals surface area (Å²) in [6, 6.07) is 7.09. The number of hydrogen-bond donors (Lipinski definition) is 0. The van der Waals surface area contributed by atoms with Crippen LogP contribution in [-0.4, -0.2) is 38.8 Å². The second kappa shape index (κ2) is 6.68. The minimum Gasteiger partial charge on any atom is -0.497 e. The quantitative estimate of drug-likeness (QED) is 0.740. The summed E-state index contributed by atoms with van der Waals surface area (Å²) in [6.45, 7) is 3.92. The van der Waals surface area contributed by atoms with Crippen LogP contribution in [-0.2, 0) is 9.47 Å². The van der Waals surface area contributed by atoms with E-state index in [2.05, 4.69) is 0 Å². The summed E-state index contributed by atoms with van der Waals surface area (Å²) >= 11 is 0. The first kappa shape index (κ1) is 14.0. The van der Waals surface area contributed by atoms with E-state index < -0.39 is 6.10 Å². The van der Waals surface area contributed by atoms with Crippen molar-refractivity contribution in [1.29, 1.82) is 0 Å². The van der Waals surface area contributed by atoms with Gasteiger partial charge >= 0.3 is 0 Å². The molecule has 1 aliphatic heterocycles. The van der Waals surface area contributed by atoms with Crippen molar-refractivity contribution in [3.63, 3.8) is 0 Å².